The van der Waals surface area contributed by atoms with E-state index in [0.29, 0.717) is 29.7 Å². The van der Waals surface area contributed by atoms with Crippen LogP contribution in [0.2, 0.25) is 5.02 Å². The van der Waals surface area contributed by atoms with E-state index in [1.807, 2.05) is 0 Å². The third-order valence-corrected chi connectivity index (χ3v) is 2.89. The minimum Gasteiger partial charge on any atom is -0.494 e. The molecule has 0 aromatic heterocycles. The summed E-state index contributed by atoms with van der Waals surface area (Å²) in [5, 5.41) is 0.304. The Kier molecular flexibility index (Phi) is 3.93. The largest absolute Gasteiger partial charge is 0.494 e. The van der Waals surface area contributed by atoms with Gasteiger partial charge in [-0.25, -0.2) is 0 Å². The molecule has 0 saturated heterocycles. The van der Waals surface area contributed by atoms with E-state index in [9.17, 15) is 4.79 Å². The molecule has 1 aliphatic heterocycles. The Balaban J connectivity index is 2.64. The van der Waals surface area contributed by atoms with Crippen molar-refractivity contribution in [3.8, 4) is 17.2 Å². The number of carbonyl (C=O) groups excluding carboxylic acids is 1. The summed E-state index contributed by atoms with van der Waals surface area (Å²) >= 11 is 6.07. The molecule has 0 aliphatic carbocycles. The summed E-state index contributed by atoms with van der Waals surface area (Å²) in [6.45, 7) is 0.848. The van der Waals surface area contributed by atoms with Gasteiger partial charge in [0.05, 0.1) is 31.9 Å². The van der Waals surface area contributed by atoms with Crippen molar-refractivity contribution in [3.63, 3.8) is 0 Å². The number of hydrogen-bond acceptors (Lipinski definition) is 5. The average molecular weight is 272 g/mol. The van der Waals surface area contributed by atoms with E-state index in [0.717, 1.165) is 6.42 Å². The van der Waals surface area contributed by atoms with Crippen molar-refractivity contribution >= 4 is 17.4 Å². The summed E-state index contributed by atoms with van der Waals surface area (Å²) in [6, 6.07) is 1.59. The number of Topliss-reactive ketones (excluding diaryl/α,β-unsaturated/α-hetero) is 1. The van der Waals surface area contributed by atoms with Crippen molar-refractivity contribution < 1.29 is 19.0 Å². The minimum absolute atomic E-state index is 0.146. The molecule has 0 unspecified atom stereocenters. The van der Waals surface area contributed by atoms with Crippen LogP contribution in [0.1, 0.15) is 16.8 Å². The molecular formula is C12H14ClNO4. The van der Waals surface area contributed by atoms with Crippen molar-refractivity contribution in [1.82, 2.24) is 0 Å². The molecule has 0 bridgehead atoms. The average Bonchev–Trinajstić information content (AvgIpc) is 2.61. The van der Waals surface area contributed by atoms with Gasteiger partial charge < -0.3 is 19.9 Å². The van der Waals surface area contributed by atoms with E-state index >= 15 is 0 Å². The number of ketones is 1. The van der Waals surface area contributed by atoms with Crippen molar-refractivity contribution in [2.45, 2.75) is 6.42 Å². The molecule has 2 N–H and O–H groups in total. The van der Waals surface area contributed by atoms with Crippen LogP contribution in [0, 0.1) is 0 Å². The van der Waals surface area contributed by atoms with Crippen LogP contribution < -0.4 is 19.9 Å². The fourth-order valence-corrected chi connectivity index (χ4v) is 2.08. The summed E-state index contributed by atoms with van der Waals surface area (Å²) < 4.78 is 16.2. The van der Waals surface area contributed by atoms with Gasteiger partial charge in [-0.2, -0.15) is 0 Å². The molecule has 5 nitrogen and oxygen atoms in total. The Hall–Kier alpha value is -1.46. The number of carbonyl (C=O) groups is 1. The lowest BCUT2D eigenvalue weighted by Gasteiger charge is -2.16. The molecular weight excluding hydrogens is 258 g/mol. The second-order valence-electron chi connectivity index (χ2n) is 3.77. The predicted octanol–water partition coefficient (Wildman–Crippen LogP) is 1.65. The monoisotopic (exact) mass is 271 g/mol. The van der Waals surface area contributed by atoms with Gasteiger partial charge in [0.15, 0.2) is 23.0 Å². The van der Waals surface area contributed by atoms with E-state index in [4.69, 9.17) is 31.5 Å². The van der Waals surface area contributed by atoms with Gasteiger partial charge >= 0.3 is 0 Å². The molecule has 2 rings (SSSR count). The first-order valence-electron chi connectivity index (χ1n) is 5.58. The zero-order valence-electron chi connectivity index (χ0n) is 9.99. The Morgan fingerprint density at radius 1 is 1.50 bits per heavy atom. The first-order valence-corrected chi connectivity index (χ1v) is 5.96. The Bertz CT molecular complexity index is 476. The van der Waals surface area contributed by atoms with E-state index in [2.05, 4.69) is 0 Å². The maximum absolute atomic E-state index is 11.9. The molecule has 0 saturated carbocycles. The SMILES string of the molecule is COc1c(Cl)cc2c(c1C(=O)CN)OCCCO2. The minimum atomic E-state index is -0.295. The summed E-state index contributed by atoms with van der Waals surface area (Å²) in [6.07, 6.45) is 0.741. The molecule has 0 radical (unpaired) electrons. The number of benzene rings is 1. The lowest BCUT2D eigenvalue weighted by Crippen LogP contribution is -2.16. The zero-order chi connectivity index (χ0) is 13.1. The van der Waals surface area contributed by atoms with Gasteiger partial charge in [0.25, 0.3) is 0 Å². The van der Waals surface area contributed by atoms with Gasteiger partial charge in [0.2, 0.25) is 0 Å². The maximum Gasteiger partial charge on any atom is 0.184 e. The summed E-state index contributed by atoms with van der Waals surface area (Å²) in [7, 11) is 1.44. The number of ether oxygens (including phenoxy) is 3. The fraction of sp³-hybridized carbons (Fsp3) is 0.417. The number of halogens is 1. The smallest absolute Gasteiger partial charge is 0.184 e. The molecule has 0 spiro atoms. The molecule has 18 heavy (non-hydrogen) atoms. The van der Waals surface area contributed by atoms with Gasteiger partial charge in [0.1, 0.15) is 5.56 Å². The molecule has 1 aliphatic rings. The van der Waals surface area contributed by atoms with E-state index in [-0.39, 0.29) is 23.6 Å². The number of nitrogens with two attached hydrogens (primary N) is 1. The third-order valence-electron chi connectivity index (χ3n) is 2.61. The van der Waals surface area contributed by atoms with Crippen LogP contribution in [-0.4, -0.2) is 32.7 Å². The highest BCUT2D eigenvalue weighted by atomic mass is 35.5. The van der Waals surface area contributed by atoms with E-state index in [1.54, 1.807) is 6.07 Å². The highest BCUT2D eigenvalue weighted by molar-refractivity contribution is 6.33. The lowest BCUT2D eigenvalue weighted by molar-refractivity contribution is 0.0994. The standard InChI is InChI=1S/C12H14ClNO4/c1-16-11-7(13)5-9-12(10(11)8(15)6-14)18-4-2-3-17-9/h5H,2-4,6,14H2,1H3. The second-order valence-corrected chi connectivity index (χ2v) is 4.18. The van der Waals surface area contributed by atoms with Crippen LogP contribution in [0.15, 0.2) is 6.07 Å². The Morgan fingerprint density at radius 2 is 2.22 bits per heavy atom. The highest BCUT2D eigenvalue weighted by Gasteiger charge is 2.26. The highest BCUT2D eigenvalue weighted by Crippen LogP contribution is 2.43. The lowest BCUT2D eigenvalue weighted by atomic mass is 10.1. The zero-order valence-corrected chi connectivity index (χ0v) is 10.8. The summed E-state index contributed by atoms with van der Waals surface area (Å²) in [5.74, 6) is 0.798. The maximum atomic E-state index is 11.9. The van der Waals surface area contributed by atoms with Gasteiger partial charge in [-0.3, -0.25) is 4.79 Å². The summed E-state index contributed by atoms with van der Waals surface area (Å²) in [4.78, 5) is 11.9. The quantitative estimate of drug-likeness (QED) is 0.847. The predicted molar refractivity (Wildman–Crippen MR) is 67.0 cm³/mol. The second kappa shape index (κ2) is 5.46. The van der Waals surface area contributed by atoms with Gasteiger partial charge in [0, 0.05) is 12.5 Å². The third kappa shape index (κ3) is 2.23. The van der Waals surface area contributed by atoms with Crippen molar-refractivity contribution in [1.29, 1.82) is 0 Å². The number of fused-ring (bicyclic) bond motifs is 1. The first kappa shape index (κ1) is 13.0. The molecule has 0 fully saturated rings. The van der Waals surface area contributed by atoms with Crippen LogP contribution in [0.25, 0.3) is 0 Å². The number of hydrogen-bond donors (Lipinski definition) is 1. The number of methoxy groups -OCH3 is 1. The Labute approximate surface area is 110 Å². The van der Waals surface area contributed by atoms with Gasteiger partial charge in [-0.1, -0.05) is 11.6 Å². The van der Waals surface area contributed by atoms with E-state index < -0.39 is 0 Å². The molecule has 1 aromatic carbocycles. The first-order chi connectivity index (χ1) is 8.69. The van der Waals surface area contributed by atoms with Crippen molar-refractivity contribution in [3.05, 3.63) is 16.7 Å². The molecule has 1 aromatic rings. The van der Waals surface area contributed by atoms with Crippen LogP contribution in [-0.2, 0) is 0 Å². The molecule has 0 amide bonds. The Morgan fingerprint density at radius 3 is 2.89 bits per heavy atom. The molecule has 0 atom stereocenters. The summed E-state index contributed by atoms with van der Waals surface area (Å²) in [5.41, 5.74) is 5.66. The normalized spacial score (nSPS) is 13.9. The topological polar surface area (TPSA) is 70.8 Å². The van der Waals surface area contributed by atoms with Crippen LogP contribution in [0.3, 0.4) is 0 Å². The van der Waals surface area contributed by atoms with E-state index in [1.165, 1.54) is 7.11 Å². The molecule has 6 heteroatoms. The van der Waals surface area contributed by atoms with Gasteiger partial charge in [-0.15, -0.1) is 0 Å². The van der Waals surface area contributed by atoms with Crippen molar-refractivity contribution in [2.24, 2.45) is 5.73 Å². The van der Waals surface area contributed by atoms with Gasteiger partial charge in [-0.05, 0) is 0 Å². The van der Waals surface area contributed by atoms with Crippen LogP contribution >= 0.6 is 11.6 Å². The molecule has 98 valence electrons. The molecule has 1 heterocycles. The van der Waals surface area contributed by atoms with Crippen molar-refractivity contribution in [2.75, 3.05) is 26.9 Å². The van der Waals surface area contributed by atoms with Crippen LogP contribution in [0.5, 0.6) is 17.2 Å². The number of rotatable bonds is 3. The van der Waals surface area contributed by atoms with Crippen LogP contribution in [0.4, 0.5) is 0 Å². The fourth-order valence-electron chi connectivity index (χ4n) is 1.81.